The molecule has 0 saturated heterocycles. The Labute approximate surface area is 97.2 Å². The van der Waals surface area contributed by atoms with Crippen LogP contribution in [0.15, 0.2) is 41.7 Å². The Morgan fingerprint density at radius 2 is 2.31 bits per heavy atom. The van der Waals surface area contributed by atoms with E-state index in [1.165, 1.54) is 0 Å². The lowest BCUT2D eigenvalue weighted by molar-refractivity contribution is 0.603. The Bertz CT molecular complexity index is 411. The van der Waals surface area contributed by atoms with E-state index in [1.54, 1.807) is 7.05 Å². The van der Waals surface area contributed by atoms with Crippen molar-refractivity contribution in [3.63, 3.8) is 0 Å². The van der Waals surface area contributed by atoms with E-state index in [9.17, 15) is 0 Å². The number of hydrogen-bond acceptors (Lipinski definition) is 2. The third-order valence-corrected chi connectivity index (χ3v) is 2.15. The highest BCUT2D eigenvalue weighted by molar-refractivity contribution is 6.08. The Kier molecular flexibility index (Phi) is 4.70. The van der Waals surface area contributed by atoms with E-state index in [-0.39, 0.29) is 0 Å². The maximum Gasteiger partial charge on any atom is 0.0674 e. The first-order valence-corrected chi connectivity index (χ1v) is 5.50. The minimum absolute atomic E-state index is 0.936. The number of rotatable bonds is 5. The van der Waals surface area contributed by atoms with E-state index in [2.05, 4.69) is 23.6 Å². The van der Waals surface area contributed by atoms with Crippen LogP contribution in [0.1, 0.15) is 25.8 Å². The summed E-state index contributed by atoms with van der Waals surface area (Å²) in [5, 5.41) is 4.28. The van der Waals surface area contributed by atoms with Crippen molar-refractivity contribution < 1.29 is 0 Å². The van der Waals surface area contributed by atoms with Gasteiger partial charge in [0.05, 0.1) is 11.9 Å². The molecule has 0 atom stereocenters. The van der Waals surface area contributed by atoms with Gasteiger partial charge < -0.3 is 0 Å². The van der Waals surface area contributed by atoms with Gasteiger partial charge in [0, 0.05) is 25.4 Å². The van der Waals surface area contributed by atoms with Gasteiger partial charge in [-0.15, -0.1) is 0 Å². The molecule has 1 aromatic rings. The van der Waals surface area contributed by atoms with Gasteiger partial charge in [0.2, 0.25) is 0 Å². The van der Waals surface area contributed by atoms with Gasteiger partial charge in [0.25, 0.3) is 0 Å². The van der Waals surface area contributed by atoms with Crippen molar-refractivity contribution in [3.05, 3.63) is 42.3 Å². The molecule has 3 heteroatoms. The molecular formula is C13H19N3. The third kappa shape index (κ3) is 3.50. The average Bonchev–Trinajstić information content (AvgIpc) is 2.68. The summed E-state index contributed by atoms with van der Waals surface area (Å²) in [4.78, 5) is 4.24. The van der Waals surface area contributed by atoms with Crippen LogP contribution >= 0.6 is 0 Å². The fourth-order valence-electron chi connectivity index (χ4n) is 1.37. The average molecular weight is 217 g/mol. The van der Waals surface area contributed by atoms with Crippen LogP contribution in [0.5, 0.6) is 0 Å². The van der Waals surface area contributed by atoms with E-state index in [4.69, 9.17) is 0 Å². The summed E-state index contributed by atoms with van der Waals surface area (Å²) in [5.41, 5.74) is 3.00. The van der Waals surface area contributed by atoms with Crippen molar-refractivity contribution in [2.24, 2.45) is 4.99 Å². The maximum atomic E-state index is 4.28. The standard InChI is InChI=1S/C13H19N3/c1-5-8-16-10-12(9-15-16)13(14-4)7-6-11(2)3/h6-7,9-10H,2,5,8H2,1,3-4H3/b7-6-,14-13?. The molecule has 0 unspecified atom stereocenters. The molecular weight excluding hydrogens is 198 g/mol. The summed E-state index contributed by atoms with van der Waals surface area (Å²) in [7, 11) is 1.79. The number of aromatic nitrogens is 2. The van der Waals surface area contributed by atoms with Crippen LogP contribution in [-0.2, 0) is 6.54 Å². The molecule has 0 spiro atoms. The van der Waals surface area contributed by atoms with Crippen molar-refractivity contribution in [1.29, 1.82) is 0 Å². The van der Waals surface area contributed by atoms with Crippen LogP contribution in [-0.4, -0.2) is 22.5 Å². The molecule has 3 nitrogen and oxygen atoms in total. The number of nitrogens with zero attached hydrogens (tertiary/aromatic N) is 3. The molecule has 0 aromatic carbocycles. The Morgan fingerprint density at radius 1 is 1.56 bits per heavy atom. The van der Waals surface area contributed by atoms with E-state index in [0.717, 1.165) is 29.8 Å². The number of aliphatic imine (C=N–C) groups is 1. The minimum Gasteiger partial charge on any atom is -0.288 e. The molecule has 86 valence electrons. The van der Waals surface area contributed by atoms with Gasteiger partial charge in [-0.1, -0.05) is 25.2 Å². The van der Waals surface area contributed by atoms with Crippen molar-refractivity contribution in [2.45, 2.75) is 26.8 Å². The molecule has 16 heavy (non-hydrogen) atoms. The van der Waals surface area contributed by atoms with Crippen LogP contribution in [0.2, 0.25) is 0 Å². The van der Waals surface area contributed by atoms with Crippen molar-refractivity contribution in [1.82, 2.24) is 9.78 Å². The van der Waals surface area contributed by atoms with Gasteiger partial charge >= 0.3 is 0 Å². The highest BCUT2D eigenvalue weighted by Gasteiger charge is 2.02. The molecule has 0 aliphatic heterocycles. The molecule has 0 bridgehead atoms. The number of allylic oxidation sites excluding steroid dienone is 3. The van der Waals surface area contributed by atoms with Gasteiger partial charge in [-0.25, -0.2) is 0 Å². The molecule has 0 aliphatic rings. The Balaban J connectivity index is 2.84. The van der Waals surface area contributed by atoms with E-state index < -0.39 is 0 Å². The van der Waals surface area contributed by atoms with Crippen LogP contribution < -0.4 is 0 Å². The first kappa shape index (κ1) is 12.4. The summed E-state index contributed by atoms with van der Waals surface area (Å²) in [6.45, 7) is 8.87. The zero-order chi connectivity index (χ0) is 12.0. The highest BCUT2D eigenvalue weighted by atomic mass is 15.3. The van der Waals surface area contributed by atoms with Gasteiger partial charge in [-0.05, 0) is 19.4 Å². The van der Waals surface area contributed by atoms with E-state index in [0.29, 0.717) is 0 Å². The summed E-state index contributed by atoms with van der Waals surface area (Å²) < 4.78 is 1.94. The second kappa shape index (κ2) is 6.05. The van der Waals surface area contributed by atoms with Crippen molar-refractivity contribution in [3.8, 4) is 0 Å². The molecule has 1 aromatic heterocycles. The summed E-state index contributed by atoms with van der Waals surface area (Å²) in [6.07, 6.45) is 8.88. The topological polar surface area (TPSA) is 30.2 Å². The highest BCUT2D eigenvalue weighted by Crippen LogP contribution is 2.04. The van der Waals surface area contributed by atoms with Gasteiger partial charge in [0.1, 0.15) is 0 Å². The largest absolute Gasteiger partial charge is 0.288 e. The van der Waals surface area contributed by atoms with Crippen LogP contribution in [0.25, 0.3) is 0 Å². The zero-order valence-electron chi connectivity index (χ0n) is 10.3. The van der Waals surface area contributed by atoms with E-state index >= 15 is 0 Å². The lowest BCUT2D eigenvalue weighted by Crippen LogP contribution is -1.97. The normalized spacial score (nSPS) is 12.3. The molecule has 0 radical (unpaired) electrons. The molecule has 0 saturated carbocycles. The zero-order valence-corrected chi connectivity index (χ0v) is 10.3. The van der Waals surface area contributed by atoms with Gasteiger partial charge in [-0.2, -0.15) is 5.10 Å². The molecule has 1 heterocycles. The number of aryl methyl sites for hydroxylation is 1. The number of hydrogen-bond donors (Lipinski definition) is 0. The fraction of sp³-hybridized carbons (Fsp3) is 0.385. The Hall–Kier alpha value is -1.64. The molecule has 1 rings (SSSR count). The fourth-order valence-corrected chi connectivity index (χ4v) is 1.37. The van der Waals surface area contributed by atoms with Crippen molar-refractivity contribution >= 4 is 5.71 Å². The second-order valence-corrected chi connectivity index (χ2v) is 3.78. The monoisotopic (exact) mass is 217 g/mol. The van der Waals surface area contributed by atoms with Gasteiger partial charge in [-0.3, -0.25) is 9.67 Å². The molecule has 0 N–H and O–H groups in total. The quantitative estimate of drug-likeness (QED) is 0.551. The minimum atomic E-state index is 0.936. The predicted octanol–water partition coefficient (Wildman–Crippen LogP) is 2.84. The summed E-state index contributed by atoms with van der Waals surface area (Å²) >= 11 is 0. The lowest BCUT2D eigenvalue weighted by Gasteiger charge is -1.96. The molecule has 0 aliphatic carbocycles. The summed E-state index contributed by atoms with van der Waals surface area (Å²) in [5.74, 6) is 0. The smallest absolute Gasteiger partial charge is 0.0674 e. The second-order valence-electron chi connectivity index (χ2n) is 3.78. The van der Waals surface area contributed by atoms with Crippen LogP contribution in [0, 0.1) is 0 Å². The first-order chi connectivity index (χ1) is 7.67. The van der Waals surface area contributed by atoms with E-state index in [1.807, 2.05) is 36.2 Å². The van der Waals surface area contributed by atoms with Crippen LogP contribution in [0.4, 0.5) is 0 Å². The van der Waals surface area contributed by atoms with Gasteiger partial charge in [0.15, 0.2) is 0 Å². The Morgan fingerprint density at radius 3 is 2.88 bits per heavy atom. The molecule has 0 fully saturated rings. The molecule has 0 amide bonds. The predicted molar refractivity (Wildman–Crippen MR) is 68.9 cm³/mol. The summed E-state index contributed by atoms with van der Waals surface area (Å²) in [6, 6.07) is 0. The third-order valence-electron chi connectivity index (χ3n) is 2.15. The first-order valence-electron chi connectivity index (χ1n) is 5.50. The van der Waals surface area contributed by atoms with Crippen LogP contribution in [0.3, 0.4) is 0 Å². The maximum absolute atomic E-state index is 4.28. The SMILES string of the molecule is C=C(C)/C=C\C(=NC)c1cnn(CCC)c1. The lowest BCUT2D eigenvalue weighted by atomic mass is 10.2. The van der Waals surface area contributed by atoms with Crippen molar-refractivity contribution in [2.75, 3.05) is 7.05 Å².